The van der Waals surface area contributed by atoms with Crippen LogP contribution >= 0.6 is 0 Å². The average molecular weight is 561 g/mol. The van der Waals surface area contributed by atoms with E-state index < -0.39 is 0 Å². The maximum absolute atomic E-state index is 14.1. The molecule has 8 heteroatoms. The number of pyridine rings is 1. The Labute approximate surface area is 243 Å². The van der Waals surface area contributed by atoms with Crippen molar-refractivity contribution in [2.24, 2.45) is 23.7 Å². The molecule has 8 rings (SSSR count). The summed E-state index contributed by atoms with van der Waals surface area (Å²) in [6.45, 7) is 5.87. The van der Waals surface area contributed by atoms with E-state index in [9.17, 15) is 4.79 Å². The summed E-state index contributed by atoms with van der Waals surface area (Å²) in [4.78, 5) is 26.0. The molecule has 1 atom stereocenters. The largest absolute Gasteiger partial charge is 0.496 e. The lowest BCUT2D eigenvalue weighted by atomic mass is 9.54. The molecule has 0 radical (unpaired) electrons. The average Bonchev–Trinajstić information content (AvgIpc) is 3.01. The molecule has 6 aliphatic rings. The Balaban J connectivity index is 1.10. The number of rotatable bonds is 7. The quantitative estimate of drug-likeness (QED) is 0.503. The van der Waals surface area contributed by atoms with Gasteiger partial charge in [0.05, 0.1) is 44.3 Å². The number of benzene rings is 1. The first-order chi connectivity index (χ1) is 20.1. The Kier molecular flexibility index (Phi) is 7.65. The minimum absolute atomic E-state index is 0.0575. The van der Waals surface area contributed by atoms with Gasteiger partial charge in [-0.3, -0.25) is 9.69 Å². The number of aromatic nitrogens is 1. The van der Waals surface area contributed by atoms with Gasteiger partial charge in [-0.05, 0) is 80.0 Å². The number of ether oxygens (including phenoxy) is 3. The van der Waals surface area contributed by atoms with Crippen LogP contribution in [-0.2, 0) is 9.47 Å². The summed E-state index contributed by atoms with van der Waals surface area (Å²) in [5.41, 5.74) is 2.34. The molecule has 6 fully saturated rings. The smallest absolute Gasteiger partial charge is 0.257 e. The fraction of sp³-hybridized carbons (Fsp3) is 0.636. The number of amides is 1. The number of hydrogen-bond acceptors (Lipinski definition) is 7. The van der Waals surface area contributed by atoms with Crippen LogP contribution in [0, 0.1) is 23.7 Å². The van der Waals surface area contributed by atoms with Crippen molar-refractivity contribution in [3.63, 3.8) is 0 Å². The zero-order chi connectivity index (χ0) is 27.9. The lowest BCUT2D eigenvalue weighted by molar-refractivity contribution is -0.0837. The topological polar surface area (TPSA) is 67.4 Å². The molecule has 4 aliphatic carbocycles. The van der Waals surface area contributed by atoms with Gasteiger partial charge in [0.1, 0.15) is 11.6 Å². The molecule has 1 unspecified atom stereocenters. The van der Waals surface area contributed by atoms with E-state index in [1.165, 1.54) is 32.1 Å². The molecule has 41 heavy (non-hydrogen) atoms. The third-order valence-corrected chi connectivity index (χ3v) is 10.4. The van der Waals surface area contributed by atoms with Gasteiger partial charge in [0.25, 0.3) is 5.91 Å². The maximum Gasteiger partial charge on any atom is 0.257 e. The molecule has 2 aromatic rings. The summed E-state index contributed by atoms with van der Waals surface area (Å²) < 4.78 is 17.2. The SMILES string of the molecule is COc1ccccc1-c1ccc(C(=O)N2CCN(C3C4CC5CC(C4)CC3C5)CC2)c(N(C)CC2COCCO2)n1. The Morgan fingerprint density at radius 1 is 0.976 bits per heavy atom. The number of carbonyl (C=O) groups excluding carboxylic acids is 1. The molecular formula is C33H44N4O4. The second kappa shape index (κ2) is 11.5. The molecule has 220 valence electrons. The van der Waals surface area contributed by atoms with E-state index in [2.05, 4.69) is 9.80 Å². The van der Waals surface area contributed by atoms with E-state index in [-0.39, 0.29) is 12.0 Å². The fourth-order valence-corrected chi connectivity index (χ4v) is 8.83. The van der Waals surface area contributed by atoms with Crippen LogP contribution in [0.2, 0.25) is 0 Å². The highest BCUT2D eigenvalue weighted by Crippen LogP contribution is 2.55. The summed E-state index contributed by atoms with van der Waals surface area (Å²) in [7, 11) is 3.67. The summed E-state index contributed by atoms with van der Waals surface area (Å²) in [5.74, 6) is 5.25. The fourth-order valence-electron chi connectivity index (χ4n) is 8.83. The highest BCUT2D eigenvalue weighted by Gasteiger charge is 2.50. The number of anilines is 1. The molecule has 4 saturated carbocycles. The van der Waals surface area contributed by atoms with Crippen molar-refractivity contribution in [2.75, 3.05) is 71.6 Å². The van der Waals surface area contributed by atoms with Gasteiger partial charge in [0.15, 0.2) is 0 Å². The van der Waals surface area contributed by atoms with Crippen LogP contribution < -0.4 is 9.64 Å². The van der Waals surface area contributed by atoms with E-state index >= 15 is 0 Å². The van der Waals surface area contributed by atoms with Crippen molar-refractivity contribution in [1.82, 2.24) is 14.8 Å². The normalized spacial score (nSPS) is 31.3. The maximum atomic E-state index is 14.1. The first-order valence-electron chi connectivity index (χ1n) is 15.7. The number of hydrogen-bond donors (Lipinski definition) is 0. The van der Waals surface area contributed by atoms with Crippen molar-refractivity contribution < 1.29 is 19.0 Å². The van der Waals surface area contributed by atoms with Crippen LogP contribution in [0.4, 0.5) is 5.82 Å². The number of likely N-dealkylation sites (N-methyl/N-ethyl adjacent to an activating group) is 1. The molecular weight excluding hydrogens is 516 g/mol. The zero-order valence-electron chi connectivity index (χ0n) is 24.5. The lowest BCUT2D eigenvalue weighted by Crippen LogP contribution is -2.60. The first-order valence-corrected chi connectivity index (χ1v) is 15.7. The molecule has 4 bridgehead atoms. The van der Waals surface area contributed by atoms with Crippen LogP contribution in [0.15, 0.2) is 36.4 Å². The monoisotopic (exact) mass is 560 g/mol. The molecule has 1 aromatic heterocycles. The minimum atomic E-state index is -0.0575. The second-order valence-corrected chi connectivity index (χ2v) is 13.0. The molecule has 2 saturated heterocycles. The molecule has 1 aromatic carbocycles. The van der Waals surface area contributed by atoms with Gasteiger partial charge in [-0.2, -0.15) is 0 Å². The van der Waals surface area contributed by atoms with Gasteiger partial charge in [-0.1, -0.05) is 12.1 Å². The molecule has 0 N–H and O–H groups in total. The molecule has 3 heterocycles. The molecule has 8 nitrogen and oxygen atoms in total. The van der Waals surface area contributed by atoms with Gasteiger partial charge in [-0.15, -0.1) is 0 Å². The Morgan fingerprint density at radius 2 is 1.71 bits per heavy atom. The number of piperazine rings is 1. The first kappa shape index (κ1) is 27.2. The number of nitrogens with zero attached hydrogens (tertiary/aromatic N) is 4. The Morgan fingerprint density at radius 3 is 2.39 bits per heavy atom. The van der Waals surface area contributed by atoms with Crippen molar-refractivity contribution >= 4 is 11.7 Å². The summed E-state index contributed by atoms with van der Waals surface area (Å²) in [6, 6.07) is 12.5. The van der Waals surface area contributed by atoms with Gasteiger partial charge in [0.2, 0.25) is 0 Å². The van der Waals surface area contributed by atoms with Gasteiger partial charge in [-0.25, -0.2) is 4.98 Å². The van der Waals surface area contributed by atoms with Gasteiger partial charge < -0.3 is 24.0 Å². The van der Waals surface area contributed by atoms with Gasteiger partial charge in [0, 0.05) is 51.4 Å². The number of para-hydroxylation sites is 1. The lowest BCUT2D eigenvalue weighted by Gasteiger charge is -2.58. The number of methoxy groups -OCH3 is 1. The minimum Gasteiger partial charge on any atom is -0.496 e. The molecule has 2 aliphatic heterocycles. The number of carbonyl (C=O) groups is 1. The summed E-state index contributed by atoms with van der Waals surface area (Å²) in [6.07, 6.45) is 7.18. The Bertz CT molecular complexity index is 1210. The van der Waals surface area contributed by atoms with Gasteiger partial charge >= 0.3 is 0 Å². The molecule has 0 spiro atoms. The third-order valence-electron chi connectivity index (χ3n) is 10.4. The van der Waals surface area contributed by atoms with Crippen LogP contribution in [0.5, 0.6) is 5.75 Å². The van der Waals surface area contributed by atoms with Crippen molar-refractivity contribution in [2.45, 2.75) is 44.2 Å². The van der Waals surface area contributed by atoms with Crippen LogP contribution in [0.1, 0.15) is 42.5 Å². The van der Waals surface area contributed by atoms with Crippen LogP contribution in [-0.4, -0.2) is 99.5 Å². The van der Waals surface area contributed by atoms with Crippen LogP contribution in [0.25, 0.3) is 11.3 Å². The van der Waals surface area contributed by atoms with Crippen molar-refractivity contribution in [3.8, 4) is 17.0 Å². The van der Waals surface area contributed by atoms with E-state index in [4.69, 9.17) is 19.2 Å². The predicted molar refractivity (Wildman–Crippen MR) is 158 cm³/mol. The molecule has 1 amide bonds. The highest BCUT2D eigenvalue weighted by molar-refractivity contribution is 5.99. The van der Waals surface area contributed by atoms with E-state index in [1.807, 2.05) is 48.3 Å². The zero-order valence-corrected chi connectivity index (χ0v) is 24.5. The van der Waals surface area contributed by atoms with E-state index in [0.29, 0.717) is 37.7 Å². The highest BCUT2D eigenvalue weighted by atomic mass is 16.6. The Hall–Kier alpha value is -2.68. The predicted octanol–water partition coefficient (Wildman–Crippen LogP) is 4.19. The summed E-state index contributed by atoms with van der Waals surface area (Å²) in [5, 5.41) is 0. The third kappa shape index (κ3) is 5.35. The van der Waals surface area contributed by atoms with Crippen molar-refractivity contribution in [1.29, 1.82) is 0 Å². The second-order valence-electron chi connectivity index (χ2n) is 13.0. The van der Waals surface area contributed by atoms with Crippen LogP contribution in [0.3, 0.4) is 0 Å². The standard InChI is InChI=1S/C33H44N4O4/c1-35(20-26-21-40-13-14-41-26)32-28(7-8-29(34-32)27-5-3-4-6-30(27)39-2)33(38)37-11-9-36(10-12-37)31-24-16-22-15-23(18-24)19-25(31)17-22/h3-8,22-26,31H,9-21H2,1-2H3. The van der Waals surface area contributed by atoms with E-state index in [1.54, 1.807) is 7.11 Å². The summed E-state index contributed by atoms with van der Waals surface area (Å²) >= 11 is 0. The van der Waals surface area contributed by atoms with Crippen molar-refractivity contribution in [3.05, 3.63) is 42.0 Å². The van der Waals surface area contributed by atoms with E-state index in [0.717, 1.165) is 72.9 Å².